The van der Waals surface area contributed by atoms with Crippen LogP contribution in [0.2, 0.25) is 0 Å². The number of carbonyl (C=O) groups excluding carboxylic acids is 2. The van der Waals surface area contributed by atoms with Crippen molar-refractivity contribution < 1.29 is 14.3 Å². The Morgan fingerprint density at radius 2 is 2.11 bits per heavy atom. The van der Waals surface area contributed by atoms with Crippen LogP contribution in [0.5, 0.6) is 0 Å². The molecule has 0 aliphatic heterocycles. The first-order chi connectivity index (χ1) is 13.2. The van der Waals surface area contributed by atoms with Gasteiger partial charge in [-0.15, -0.1) is 10.2 Å². The summed E-state index contributed by atoms with van der Waals surface area (Å²) in [7, 11) is 0. The van der Waals surface area contributed by atoms with Gasteiger partial charge in [-0.25, -0.2) is 9.78 Å². The van der Waals surface area contributed by atoms with Crippen molar-refractivity contribution >= 4 is 66.6 Å². The van der Waals surface area contributed by atoms with Crippen LogP contribution in [0.4, 0.5) is 5.13 Å². The van der Waals surface area contributed by atoms with E-state index >= 15 is 0 Å². The first-order valence-corrected chi connectivity index (χ1v) is 10.6. The molecule has 138 valence electrons. The molecule has 0 fully saturated rings. The fourth-order valence-electron chi connectivity index (χ4n) is 2.36. The van der Waals surface area contributed by atoms with Crippen LogP contribution in [0.15, 0.2) is 35.6 Å². The summed E-state index contributed by atoms with van der Waals surface area (Å²) in [6, 6.07) is 7.96. The number of esters is 1. The Morgan fingerprint density at radius 3 is 2.96 bits per heavy atom. The molecule has 0 aliphatic rings. The molecule has 8 nitrogen and oxygen atoms in total. The zero-order valence-corrected chi connectivity index (χ0v) is 16.5. The Kier molecular flexibility index (Phi) is 5.05. The van der Waals surface area contributed by atoms with E-state index in [1.807, 2.05) is 28.7 Å². The lowest BCUT2D eigenvalue weighted by molar-refractivity contribution is -0.113. The minimum absolute atomic E-state index is 0.152. The van der Waals surface area contributed by atoms with Crippen molar-refractivity contribution in [1.29, 1.82) is 0 Å². The highest BCUT2D eigenvalue weighted by molar-refractivity contribution is 7.99. The highest BCUT2D eigenvalue weighted by atomic mass is 32.2. The second kappa shape index (κ2) is 7.62. The topological polar surface area (TPSA) is 98.5 Å². The van der Waals surface area contributed by atoms with E-state index in [1.165, 1.54) is 18.0 Å². The summed E-state index contributed by atoms with van der Waals surface area (Å²) in [6.45, 7) is 2.02. The molecule has 1 amide bonds. The summed E-state index contributed by atoms with van der Waals surface area (Å²) in [5, 5.41) is 12.0. The van der Waals surface area contributed by atoms with E-state index in [0.717, 1.165) is 26.5 Å². The molecule has 4 aromatic rings. The number of hydrogen-bond acceptors (Lipinski definition) is 9. The number of carbonyl (C=O) groups is 2. The first-order valence-electron chi connectivity index (χ1n) is 7.94. The average molecular weight is 420 g/mol. The van der Waals surface area contributed by atoms with Gasteiger partial charge in [0.05, 0.1) is 28.8 Å². The lowest BCUT2D eigenvalue weighted by Crippen LogP contribution is -2.14. The predicted molar refractivity (Wildman–Crippen MR) is 106 cm³/mol. The number of aromatic nitrogens is 4. The maximum absolute atomic E-state index is 12.2. The third-order valence-corrected chi connectivity index (χ3v) is 6.31. The molecule has 1 N–H and O–H groups in total. The SMILES string of the molecule is CCOC(=O)c1cnc(NC(=O)CSc2nnc3sc4ccccc4n23)s1. The summed E-state index contributed by atoms with van der Waals surface area (Å²) < 4.78 is 7.97. The largest absolute Gasteiger partial charge is 0.462 e. The molecule has 0 bridgehead atoms. The number of amides is 1. The molecule has 0 radical (unpaired) electrons. The van der Waals surface area contributed by atoms with Crippen molar-refractivity contribution in [2.75, 3.05) is 17.7 Å². The van der Waals surface area contributed by atoms with E-state index in [2.05, 4.69) is 20.5 Å². The molecule has 4 rings (SSSR count). The van der Waals surface area contributed by atoms with Gasteiger partial charge < -0.3 is 10.1 Å². The number of nitrogens with one attached hydrogen (secondary N) is 1. The summed E-state index contributed by atoms with van der Waals surface area (Å²) >= 11 is 3.93. The molecule has 0 saturated carbocycles. The van der Waals surface area contributed by atoms with Crippen LogP contribution in [-0.4, -0.2) is 43.8 Å². The van der Waals surface area contributed by atoms with E-state index in [9.17, 15) is 9.59 Å². The number of thioether (sulfide) groups is 1. The lowest BCUT2D eigenvalue weighted by Gasteiger charge is -2.01. The third-order valence-electron chi connectivity index (χ3n) is 3.47. The standard InChI is InChI=1S/C16H13N5O3S3/c1-2-24-13(23)11-7-17-14(26-11)18-12(22)8-25-15-19-20-16-21(15)9-5-3-4-6-10(9)27-16/h3-7H,2,8H2,1H3,(H,17,18,22). The quantitative estimate of drug-likeness (QED) is 0.378. The fourth-order valence-corrected chi connectivity index (χ4v) is 4.86. The maximum atomic E-state index is 12.2. The molecule has 0 unspecified atom stereocenters. The molecular weight excluding hydrogens is 406 g/mol. The number of thiazole rings is 2. The Hall–Kier alpha value is -2.50. The average Bonchev–Trinajstić information content (AvgIpc) is 3.35. The summed E-state index contributed by atoms with van der Waals surface area (Å²) in [6.07, 6.45) is 1.39. The van der Waals surface area contributed by atoms with E-state index in [4.69, 9.17) is 4.74 Å². The second-order valence-corrected chi connectivity index (χ2v) is 8.24. The molecule has 0 aliphatic carbocycles. The molecule has 11 heteroatoms. The van der Waals surface area contributed by atoms with Gasteiger partial charge in [-0.05, 0) is 19.1 Å². The molecule has 3 aromatic heterocycles. The van der Waals surface area contributed by atoms with Gasteiger partial charge in [0, 0.05) is 0 Å². The number of nitrogens with zero attached hydrogens (tertiary/aromatic N) is 4. The molecular formula is C16H13N5O3S3. The van der Waals surface area contributed by atoms with Crippen LogP contribution in [0.3, 0.4) is 0 Å². The van der Waals surface area contributed by atoms with Crippen molar-refractivity contribution in [3.63, 3.8) is 0 Å². The molecule has 0 saturated heterocycles. The summed E-state index contributed by atoms with van der Waals surface area (Å²) in [5.74, 6) is -0.527. The number of benzene rings is 1. The van der Waals surface area contributed by atoms with Crippen molar-refractivity contribution in [3.05, 3.63) is 35.3 Å². The summed E-state index contributed by atoms with van der Waals surface area (Å²) in [4.78, 5) is 29.0. The van der Waals surface area contributed by atoms with E-state index in [1.54, 1.807) is 18.3 Å². The number of hydrogen-bond donors (Lipinski definition) is 1. The molecule has 0 spiro atoms. The smallest absolute Gasteiger partial charge is 0.350 e. The monoisotopic (exact) mass is 419 g/mol. The Bertz CT molecular complexity index is 1130. The zero-order chi connectivity index (χ0) is 18.8. The molecule has 27 heavy (non-hydrogen) atoms. The van der Waals surface area contributed by atoms with Crippen molar-refractivity contribution in [3.8, 4) is 0 Å². The van der Waals surface area contributed by atoms with Crippen molar-refractivity contribution in [2.45, 2.75) is 12.1 Å². The summed E-state index contributed by atoms with van der Waals surface area (Å²) in [5.41, 5.74) is 1.02. The minimum atomic E-state index is -0.444. The van der Waals surface area contributed by atoms with Gasteiger partial charge in [-0.3, -0.25) is 9.20 Å². The highest BCUT2D eigenvalue weighted by Crippen LogP contribution is 2.29. The van der Waals surface area contributed by atoms with Gasteiger partial charge in [0.15, 0.2) is 10.3 Å². The maximum Gasteiger partial charge on any atom is 0.350 e. The Balaban J connectivity index is 1.42. The van der Waals surface area contributed by atoms with E-state index in [0.29, 0.717) is 21.8 Å². The highest BCUT2D eigenvalue weighted by Gasteiger charge is 2.16. The van der Waals surface area contributed by atoms with Crippen molar-refractivity contribution in [1.82, 2.24) is 19.6 Å². The number of para-hydroxylation sites is 1. The van der Waals surface area contributed by atoms with Gasteiger partial charge in [-0.1, -0.05) is 46.6 Å². The lowest BCUT2D eigenvalue weighted by atomic mass is 10.3. The minimum Gasteiger partial charge on any atom is -0.462 e. The second-order valence-electron chi connectivity index (χ2n) is 5.26. The third kappa shape index (κ3) is 3.66. The molecule has 1 aromatic carbocycles. The Morgan fingerprint density at radius 1 is 1.26 bits per heavy atom. The van der Waals surface area contributed by atoms with Crippen molar-refractivity contribution in [2.24, 2.45) is 0 Å². The van der Waals surface area contributed by atoms with Gasteiger partial charge in [0.1, 0.15) is 4.88 Å². The number of fused-ring (bicyclic) bond motifs is 3. The van der Waals surface area contributed by atoms with E-state index in [-0.39, 0.29) is 11.7 Å². The Labute approximate surface area is 165 Å². The number of rotatable bonds is 6. The first kappa shape index (κ1) is 17.9. The van der Waals surface area contributed by atoms with Crippen LogP contribution < -0.4 is 5.32 Å². The van der Waals surface area contributed by atoms with Gasteiger partial charge in [0.2, 0.25) is 10.9 Å². The number of ether oxygens (including phenoxy) is 1. The van der Waals surface area contributed by atoms with E-state index < -0.39 is 5.97 Å². The number of anilines is 1. The van der Waals surface area contributed by atoms with Crippen LogP contribution in [0.25, 0.3) is 15.2 Å². The molecule has 0 atom stereocenters. The van der Waals surface area contributed by atoms with Crippen LogP contribution >= 0.6 is 34.4 Å². The molecule has 3 heterocycles. The van der Waals surface area contributed by atoms with Crippen LogP contribution in [-0.2, 0) is 9.53 Å². The van der Waals surface area contributed by atoms with Gasteiger partial charge in [0.25, 0.3) is 0 Å². The van der Waals surface area contributed by atoms with Crippen LogP contribution in [0, 0.1) is 0 Å². The van der Waals surface area contributed by atoms with Gasteiger partial charge >= 0.3 is 5.97 Å². The zero-order valence-electron chi connectivity index (χ0n) is 14.0. The fraction of sp³-hybridized carbons (Fsp3) is 0.188. The normalized spacial score (nSPS) is 11.1. The van der Waals surface area contributed by atoms with Gasteiger partial charge in [-0.2, -0.15) is 0 Å². The van der Waals surface area contributed by atoms with Crippen LogP contribution in [0.1, 0.15) is 16.6 Å². The predicted octanol–water partition coefficient (Wildman–Crippen LogP) is 3.31.